The number of piperidine rings is 1. The maximum atomic E-state index is 13.6. The predicted molar refractivity (Wildman–Crippen MR) is 97.5 cm³/mol. The first kappa shape index (κ1) is 17.2. The molecule has 138 valence electrons. The highest BCUT2D eigenvalue weighted by Crippen LogP contribution is 2.34. The zero-order chi connectivity index (χ0) is 18.3. The first-order valence-electron chi connectivity index (χ1n) is 9.40. The number of aromatic nitrogens is 2. The van der Waals surface area contributed by atoms with E-state index in [1.54, 1.807) is 18.3 Å². The summed E-state index contributed by atoms with van der Waals surface area (Å²) in [6.45, 7) is 5.98. The average Bonchev–Trinajstić information content (AvgIpc) is 3.12. The van der Waals surface area contributed by atoms with Crippen LogP contribution in [0.25, 0.3) is 0 Å². The standard InChI is InChI=1S/C20H25FN4O/c1-13-8-15-9-17(21)5-6-19(15)14(2)25(13)20(26)16-10-23-24(12-16)18-4-3-7-22-11-18/h5-6,9-10,12-14,18,22H,3-4,7-8,11H2,1-2H3. The topological polar surface area (TPSA) is 50.2 Å². The summed E-state index contributed by atoms with van der Waals surface area (Å²) >= 11 is 0. The fraction of sp³-hybridized carbons (Fsp3) is 0.500. The van der Waals surface area contributed by atoms with E-state index in [0.717, 1.165) is 37.1 Å². The van der Waals surface area contributed by atoms with Crippen LogP contribution in [0.2, 0.25) is 0 Å². The van der Waals surface area contributed by atoms with Crippen molar-refractivity contribution in [2.45, 2.75) is 51.2 Å². The monoisotopic (exact) mass is 356 g/mol. The summed E-state index contributed by atoms with van der Waals surface area (Å²) in [7, 11) is 0. The van der Waals surface area contributed by atoms with Gasteiger partial charge in [0.05, 0.1) is 23.8 Å². The summed E-state index contributed by atoms with van der Waals surface area (Å²) in [6.07, 6.45) is 6.43. The Kier molecular flexibility index (Phi) is 4.53. The lowest BCUT2D eigenvalue weighted by atomic mass is 9.89. The first-order valence-corrected chi connectivity index (χ1v) is 9.40. The summed E-state index contributed by atoms with van der Waals surface area (Å²) in [5, 5.41) is 7.82. The number of carbonyl (C=O) groups is 1. The van der Waals surface area contributed by atoms with Gasteiger partial charge < -0.3 is 10.2 Å². The number of benzene rings is 1. The van der Waals surface area contributed by atoms with E-state index >= 15 is 0 Å². The van der Waals surface area contributed by atoms with Crippen molar-refractivity contribution in [2.24, 2.45) is 0 Å². The Bertz CT molecular complexity index is 812. The van der Waals surface area contributed by atoms with E-state index in [1.165, 1.54) is 6.07 Å². The third-order valence-electron chi connectivity index (χ3n) is 5.69. The Morgan fingerprint density at radius 3 is 2.96 bits per heavy atom. The van der Waals surface area contributed by atoms with Crippen LogP contribution < -0.4 is 5.32 Å². The quantitative estimate of drug-likeness (QED) is 0.900. The highest BCUT2D eigenvalue weighted by Gasteiger charge is 2.34. The van der Waals surface area contributed by atoms with Crippen molar-refractivity contribution in [1.29, 1.82) is 0 Å². The molecule has 4 rings (SSSR count). The number of rotatable bonds is 2. The molecule has 2 aliphatic heterocycles. The smallest absolute Gasteiger partial charge is 0.257 e. The molecule has 0 radical (unpaired) electrons. The Balaban J connectivity index is 1.58. The van der Waals surface area contributed by atoms with Crippen LogP contribution >= 0.6 is 0 Å². The van der Waals surface area contributed by atoms with Crippen molar-refractivity contribution in [3.8, 4) is 0 Å². The SMILES string of the molecule is CC1Cc2cc(F)ccc2C(C)N1C(=O)c1cnn(C2CCCNC2)c1. The average molecular weight is 356 g/mol. The van der Waals surface area contributed by atoms with E-state index in [2.05, 4.69) is 10.4 Å². The molecule has 1 N–H and O–H groups in total. The third kappa shape index (κ3) is 3.03. The molecule has 3 unspecified atom stereocenters. The lowest BCUT2D eigenvalue weighted by molar-refractivity contribution is 0.0580. The number of fused-ring (bicyclic) bond motifs is 1. The number of amides is 1. The first-order chi connectivity index (χ1) is 12.5. The van der Waals surface area contributed by atoms with Gasteiger partial charge in [0.25, 0.3) is 5.91 Å². The molecule has 5 nitrogen and oxygen atoms in total. The molecule has 0 spiro atoms. The lowest BCUT2D eigenvalue weighted by Gasteiger charge is -2.40. The fourth-order valence-corrected chi connectivity index (χ4v) is 4.34. The van der Waals surface area contributed by atoms with E-state index in [4.69, 9.17) is 0 Å². The lowest BCUT2D eigenvalue weighted by Crippen LogP contribution is -2.45. The Hall–Kier alpha value is -2.21. The Labute approximate surface area is 153 Å². The fourth-order valence-electron chi connectivity index (χ4n) is 4.34. The van der Waals surface area contributed by atoms with Crippen molar-refractivity contribution in [2.75, 3.05) is 13.1 Å². The maximum absolute atomic E-state index is 13.6. The van der Waals surface area contributed by atoms with Crippen molar-refractivity contribution in [3.05, 3.63) is 53.1 Å². The van der Waals surface area contributed by atoms with Crippen LogP contribution in [0.5, 0.6) is 0 Å². The zero-order valence-corrected chi connectivity index (χ0v) is 15.3. The second kappa shape index (κ2) is 6.83. The normalized spacial score (nSPS) is 25.8. The number of nitrogens with zero attached hydrogens (tertiary/aromatic N) is 3. The molecule has 6 heteroatoms. The molecular formula is C20H25FN4O. The summed E-state index contributed by atoms with van der Waals surface area (Å²) in [4.78, 5) is 15.1. The van der Waals surface area contributed by atoms with Crippen LogP contribution in [-0.2, 0) is 6.42 Å². The Morgan fingerprint density at radius 2 is 2.19 bits per heavy atom. The Morgan fingerprint density at radius 1 is 1.35 bits per heavy atom. The van der Waals surface area contributed by atoms with Gasteiger partial charge >= 0.3 is 0 Å². The van der Waals surface area contributed by atoms with E-state index < -0.39 is 0 Å². The van der Waals surface area contributed by atoms with Gasteiger partial charge in [-0.3, -0.25) is 9.48 Å². The van der Waals surface area contributed by atoms with Gasteiger partial charge in [-0.25, -0.2) is 4.39 Å². The maximum Gasteiger partial charge on any atom is 0.257 e. The van der Waals surface area contributed by atoms with Crippen molar-refractivity contribution in [1.82, 2.24) is 20.0 Å². The van der Waals surface area contributed by atoms with Gasteiger partial charge in [-0.1, -0.05) is 6.07 Å². The van der Waals surface area contributed by atoms with E-state index in [-0.39, 0.29) is 23.8 Å². The van der Waals surface area contributed by atoms with Crippen molar-refractivity contribution < 1.29 is 9.18 Å². The number of hydrogen-bond donors (Lipinski definition) is 1. The second-order valence-corrected chi connectivity index (χ2v) is 7.49. The molecule has 3 atom stereocenters. The minimum absolute atomic E-state index is 0.00464. The molecule has 1 fully saturated rings. The van der Waals surface area contributed by atoms with Gasteiger partial charge in [0.15, 0.2) is 0 Å². The van der Waals surface area contributed by atoms with Gasteiger partial charge in [-0.2, -0.15) is 5.10 Å². The molecule has 1 aromatic heterocycles. The summed E-state index contributed by atoms with van der Waals surface area (Å²) < 4.78 is 15.5. The van der Waals surface area contributed by atoms with Gasteiger partial charge in [0.1, 0.15) is 5.82 Å². The molecule has 1 saturated heterocycles. The summed E-state index contributed by atoms with van der Waals surface area (Å²) in [5.41, 5.74) is 2.65. The van der Waals surface area contributed by atoms with Crippen LogP contribution in [0.3, 0.4) is 0 Å². The van der Waals surface area contributed by atoms with E-state index in [1.807, 2.05) is 29.6 Å². The van der Waals surface area contributed by atoms with Crippen LogP contribution in [0, 0.1) is 5.82 Å². The van der Waals surface area contributed by atoms with Crippen LogP contribution in [-0.4, -0.2) is 39.7 Å². The molecule has 26 heavy (non-hydrogen) atoms. The van der Waals surface area contributed by atoms with Crippen LogP contribution in [0.15, 0.2) is 30.6 Å². The van der Waals surface area contributed by atoms with Gasteiger partial charge in [0, 0.05) is 18.8 Å². The number of halogens is 1. The van der Waals surface area contributed by atoms with Crippen molar-refractivity contribution >= 4 is 5.91 Å². The number of nitrogens with one attached hydrogen (secondary N) is 1. The highest BCUT2D eigenvalue weighted by atomic mass is 19.1. The van der Waals surface area contributed by atoms with E-state index in [0.29, 0.717) is 18.0 Å². The molecule has 0 bridgehead atoms. The minimum atomic E-state index is -0.217. The molecule has 0 aliphatic carbocycles. The summed E-state index contributed by atoms with van der Waals surface area (Å²) in [6, 6.07) is 5.12. The van der Waals surface area contributed by atoms with E-state index in [9.17, 15) is 9.18 Å². The van der Waals surface area contributed by atoms with Crippen LogP contribution in [0.1, 0.15) is 60.3 Å². The molecule has 0 saturated carbocycles. The molecule has 1 amide bonds. The largest absolute Gasteiger partial charge is 0.329 e. The van der Waals surface area contributed by atoms with Gasteiger partial charge in [-0.05, 0) is 62.9 Å². The zero-order valence-electron chi connectivity index (χ0n) is 15.3. The van der Waals surface area contributed by atoms with Crippen molar-refractivity contribution in [3.63, 3.8) is 0 Å². The third-order valence-corrected chi connectivity index (χ3v) is 5.69. The molecule has 2 aromatic rings. The van der Waals surface area contributed by atoms with Gasteiger partial charge in [-0.15, -0.1) is 0 Å². The molecule has 2 aliphatic rings. The summed E-state index contributed by atoms with van der Waals surface area (Å²) in [5.74, 6) is -0.222. The molecule has 1 aromatic carbocycles. The number of hydrogen-bond acceptors (Lipinski definition) is 3. The second-order valence-electron chi connectivity index (χ2n) is 7.49. The predicted octanol–water partition coefficient (Wildman–Crippen LogP) is 3.09. The van der Waals surface area contributed by atoms with Crippen LogP contribution in [0.4, 0.5) is 4.39 Å². The molecular weight excluding hydrogens is 331 g/mol. The minimum Gasteiger partial charge on any atom is -0.329 e. The highest BCUT2D eigenvalue weighted by molar-refractivity contribution is 5.94. The van der Waals surface area contributed by atoms with Gasteiger partial charge in [0.2, 0.25) is 0 Å². The molecule has 3 heterocycles. The number of carbonyl (C=O) groups excluding carboxylic acids is 1.